The van der Waals surface area contributed by atoms with Crippen LogP contribution in [0.4, 0.5) is 0 Å². The van der Waals surface area contributed by atoms with Gasteiger partial charge in [-0.25, -0.2) is 0 Å². The number of carbonyl (C=O) groups is 1. The number of Topliss-reactive ketones (excluding diaryl/α,β-unsaturated/α-hetero) is 1. The summed E-state index contributed by atoms with van der Waals surface area (Å²) in [5, 5.41) is 69.4. The van der Waals surface area contributed by atoms with Gasteiger partial charge in [-0.15, -0.1) is 0 Å². The van der Waals surface area contributed by atoms with Crippen molar-refractivity contribution >= 4 is 5.78 Å². The molecule has 33 heavy (non-hydrogen) atoms. The van der Waals surface area contributed by atoms with Crippen molar-refractivity contribution in [1.29, 1.82) is 0 Å². The van der Waals surface area contributed by atoms with Crippen LogP contribution >= 0.6 is 0 Å². The van der Waals surface area contributed by atoms with E-state index in [-0.39, 0.29) is 40.5 Å². The first-order valence-corrected chi connectivity index (χ1v) is 10.2. The highest BCUT2D eigenvalue weighted by Crippen LogP contribution is 2.45. The normalized spacial score (nSPS) is 29.3. The predicted molar refractivity (Wildman–Crippen MR) is 109 cm³/mol. The van der Waals surface area contributed by atoms with Crippen molar-refractivity contribution in [2.45, 2.75) is 50.2 Å². The van der Waals surface area contributed by atoms with Crippen LogP contribution in [0.15, 0.2) is 24.3 Å². The molecular formula is C22H24O11. The van der Waals surface area contributed by atoms with Gasteiger partial charge in [0.2, 0.25) is 6.29 Å². The first-order chi connectivity index (χ1) is 15.6. The third kappa shape index (κ3) is 4.05. The molecule has 2 aromatic carbocycles. The van der Waals surface area contributed by atoms with E-state index in [0.29, 0.717) is 5.56 Å². The van der Waals surface area contributed by atoms with Crippen LogP contribution in [0.3, 0.4) is 0 Å². The monoisotopic (exact) mass is 464 g/mol. The minimum absolute atomic E-state index is 0.0218. The smallest absolute Gasteiger partial charge is 0.229 e. The van der Waals surface area contributed by atoms with Gasteiger partial charge in [-0.3, -0.25) is 4.79 Å². The maximum atomic E-state index is 12.8. The highest BCUT2D eigenvalue weighted by atomic mass is 16.7. The summed E-state index contributed by atoms with van der Waals surface area (Å²) in [5.41, 5.74) is 0.497. The van der Waals surface area contributed by atoms with Crippen molar-refractivity contribution in [1.82, 2.24) is 0 Å². The van der Waals surface area contributed by atoms with Crippen molar-refractivity contribution in [2.24, 2.45) is 0 Å². The lowest BCUT2D eigenvalue weighted by Gasteiger charge is -2.39. The summed E-state index contributed by atoms with van der Waals surface area (Å²) >= 11 is 0. The van der Waals surface area contributed by atoms with E-state index in [1.54, 1.807) is 0 Å². The van der Waals surface area contributed by atoms with Crippen molar-refractivity contribution in [2.75, 3.05) is 6.61 Å². The van der Waals surface area contributed by atoms with Gasteiger partial charge in [0.05, 0.1) is 13.0 Å². The summed E-state index contributed by atoms with van der Waals surface area (Å²) < 4.78 is 16.8. The van der Waals surface area contributed by atoms with E-state index in [2.05, 4.69) is 0 Å². The molecule has 6 atom stereocenters. The quantitative estimate of drug-likeness (QED) is 0.302. The Morgan fingerprint density at radius 1 is 1.03 bits per heavy atom. The molecule has 2 aromatic rings. The van der Waals surface area contributed by atoms with E-state index in [9.17, 15) is 40.5 Å². The summed E-state index contributed by atoms with van der Waals surface area (Å²) in [5.74, 6) is -1.58. The second-order valence-corrected chi connectivity index (χ2v) is 8.02. The van der Waals surface area contributed by atoms with Crippen LogP contribution in [0, 0.1) is 6.92 Å². The predicted octanol–water partition coefficient (Wildman–Crippen LogP) is -0.00298. The number of ether oxygens (including phenoxy) is 3. The minimum atomic E-state index is -1.67. The number of aliphatic hydroxyl groups is 4. The van der Waals surface area contributed by atoms with E-state index in [4.69, 9.17) is 14.2 Å². The van der Waals surface area contributed by atoms with Gasteiger partial charge in [0.25, 0.3) is 0 Å². The van der Waals surface area contributed by atoms with Gasteiger partial charge in [-0.05, 0) is 24.6 Å². The van der Waals surface area contributed by atoms with Crippen molar-refractivity contribution in [3.63, 3.8) is 0 Å². The van der Waals surface area contributed by atoms with Crippen molar-refractivity contribution in [3.05, 3.63) is 41.0 Å². The van der Waals surface area contributed by atoms with Crippen LogP contribution in [0.25, 0.3) is 0 Å². The molecule has 0 radical (unpaired) electrons. The van der Waals surface area contributed by atoms with Gasteiger partial charge in [0, 0.05) is 11.6 Å². The van der Waals surface area contributed by atoms with Crippen LogP contribution < -0.4 is 9.47 Å². The molecule has 4 rings (SSSR count). The van der Waals surface area contributed by atoms with Gasteiger partial charge in [-0.2, -0.15) is 0 Å². The lowest BCUT2D eigenvalue weighted by Crippen LogP contribution is -2.60. The van der Waals surface area contributed by atoms with Crippen LogP contribution in [-0.2, 0) is 4.74 Å². The first kappa shape index (κ1) is 23.1. The molecule has 0 aromatic heterocycles. The molecule has 2 aliphatic heterocycles. The van der Waals surface area contributed by atoms with Gasteiger partial charge >= 0.3 is 0 Å². The van der Waals surface area contributed by atoms with E-state index >= 15 is 0 Å². The molecule has 0 aliphatic carbocycles. The van der Waals surface area contributed by atoms with E-state index < -0.39 is 54.9 Å². The highest BCUT2D eigenvalue weighted by molar-refractivity contribution is 6.03. The number of aliphatic hydroxyl groups excluding tert-OH is 4. The number of rotatable bonds is 4. The number of aromatic hydroxyl groups is 3. The molecule has 11 heteroatoms. The van der Waals surface area contributed by atoms with E-state index in [1.807, 2.05) is 0 Å². The molecule has 1 saturated heterocycles. The third-order valence-corrected chi connectivity index (χ3v) is 5.85. The fourth-order valence-electron chi connectivity index (χ4n) is 3.89. The third-order valence-electron chi connectivity index (χ3n) is 5.85. The number of fused-ring (bicyclic) bond motifs is 1. The Balaban J connectivity index is 1.65. The fraction of sp³-hybridized carbons (Fsp3) is 0.409. The summed E-state index contributed by atoms with van der Waals surface area (Å²) in [6.07, 6.45) is -8.53. The van der Waals surface area contributed by atoms with Gasteiger partial charge < -0.3 is 50.0 Å². The molecule has 178 valence electrons. The Bertz CT molecular complexity index is 1070. The number of benzene rings is 2. The Morgan fingerprint density at radius 2 is 1.76 bits per heavy atom. The lowest BCUT2D eigenvalue weighted by atomic mass is 9.93. The maximum Gasteiger partial charge on any atom is 0.229 e. The Kier molecular flexibility index (Phi) is 6.08. The zero-order valence-electron chi connectivity index (χ0n) is 17.5. The van der Waals surface area contributed by atoms with E-state index in [0.717, 1.165) is 0 Å². The molecule has 0 amide bonds. The van der Waals surface area contributed by atoms with Gasteiger partial charge in [0.15, 0.2) is 17.3 Å². The second kappa shape index (κ2) is 8.69. The molecular weight excluding hydrogens is 440 g/mol. The number of carbonyl (C=O) groups excluding carboxylic acids is 1. The van der Waals surface area contributed by atoms with Crippen LogP contribution in [0.2, 0.25) is 0 Å². The number of hydrogen-bond donors (Lipinski definition) is 7. The molecule has 11 nitrogen and oxygen atoms in total. The maximum absolute atomic E-state index is 12.8. The summed E-state index contributed by atoms with van der Waals surface area (Å²) in [7, 11) is 0. The number of phenolic OH excluding ortho intramolecular Hbond substituents is 3. The minimum Gasteiger partial charge on any atom is -0.507 e. The number of phenols is 3. The average molecular weight is 464 g/mol. The summed E-state index contributed by atoms with van der Waals surface area (Å²) in [6.45, 7) is 0.824. The van der Waals surface area contributed by atoms with Gasteiger partial charge in [0.1, 0.15) is 53.3 Å². The molecule has 0 bridgehead atoms. The first-order valence-electron chi connectivity index (χ1n) is 10.2. The highest BCUT2D eigenvalue weighted by Gasteiger charge is 2.45. The summed E-state index contributed by atoms with van der Waals surface area (Å²) in [4.78, 5) is 12.8. The van der Waals surface area contributed by atoms with Gasteiger partial charge in [-0.1, -0.05) is 6.07 Å². The Labute approximate surface area is 187 Å². The molecule has 0 saturated carbocycles. The largest absolute Gasteiger partial charge is 0.507 e. The second-order valence-electron chi connectivity index (χ2n) is 8.02. The fourth-order valence-corrected chi connectivity index (χ4v) is 3.89. The van der Waals surface area contributed by atoms with Crippen molar-refractivity contribution < 1.29 is 54.8 Å². The molecule has 0 spiro atoms. The van der Waals surface area contributed by atoms with E-state index in [1.165, 1.54) is 31.2 Å². The molecule has 2 aliphatic rings. The standard InChI is InChI=1S/C22H24O11/c1-8-13(32-22-21(30)20(29)19(28)16(7-23)33-22)6-15-17(18(8)27)12(26)5-14(31-15)9-2-3-10(24)11(25)4-9/h2-4,6,14,16,19-25,27-30H,5,7H2,1H3. The number of ketones is 1. The number of hydrogen-bond acceptors (Lipinski definition) is 11. The topological polar surface area (TPSA) is 186 Å². The van der Waals surface area contributed by atoms with Crippen LogP contribution in [0.1, 0.15) is 34.0 Å². The summed E-state index contributed by atoms with van der Waals surface area (Å²) in [6, 6.07) is 5.32. The molecule has 2 heterocycles. The zero-order valence-corrected chi connectivity index (χ0v) is 17.5. The van der Waals surface area contributed by atoms with Crippen molar-refractivity contribution in [3.8, 4) is 28.7 Å². The molecule has 6 unspecified atom stereocenters. The van der Waals surface area contributed by atoms with Crippen LogP contribution in [-0.4, -0.2) is 78.8 Å². The average Bonchev–Trinajstić information content (AvgIpc) is 2.78. The molecule has 1 fully saturated rings. The Hall–Kier alpha value is -3.09. The lowest BCUT2D eigenvalue weighted by molar-refractivity contribution is -0.277. The molecule has 7 N–H and O–H groups in total. The SMILES string of the molecule is Cc1c(OC2OC(CO)C(O)C(O)C2O)cc2c(c1O)C(=O)CC(c1ccc(O)c(O)c1)O2. The Morgan fingerprint density at radius 3 is 2.42 bits per heavy atom. The zero-order chi connectivity index (χ0) is 24.0. The van der Waals surface area contributed by atoms with Crippen LogP contribution in [0.5, 0.6) is 28.7 Å².